The fraction of sp³-hybridized carbons (Fsp3) is 0.296. The third kappa shape index (κ3) is 7.06. The smallest absolute Gasteiger partial charge is 0.339 e. The number of halogens is 1. The maximum atomic E-state index is 11.9. The third-order valence-electron chi connectivity index (χ3n) is 5.38. The summed E-state index contributed by atoms with van der Waals surface area (Å²) in [6.45, 7) is 4.87. The first-order valence-corrected chi connectivity index (χ1v) is 11.0. The van der Waals surface area contributed by atoms with E-state index in [0.29, 0.717) is 25.3 Å². The number of carboxylic acid groups (broad SMARTS) is 1. The Morgan fingerprint density at radius 3 is 2.24 bits per heavy atom. The van der Waals surface area contributed by atoms with Gasteiger partial charge < -0.3 is 20.3 Å². The highest BCUT2D eigenvalue weighted by Gasteiger charge is 2.22. The van der Waals surface area contributed by atoms with Crippen molar-refractivity contribution in [3.63, 3.8) is 0 Å². The standard InChI is InChI=1S/C27H31NO4.ClH/c1-3-16-32-26-23(27(30)31)15-14-22(20-10-6-4-7-11-20)24(26)17-19(2)28-18-25(29)21-12-8-5-9-13-21;/h4-15,19,25,28-29H,3,16-18H2,1-2H3,(H,30,31);1H/t19-,25+;/m1./s1. The lowest BCUT2D eigenvalue weighted by Crippen LogP contribution is -2.32. The molecule has 3 aromatic rings. The molecule has 0 radical (unpaired) electrons. The summed E-state index contributed by atoms with van der Waals surface area (Å²) >= 11 is 0. The second-order valence-electron chi connectivity index (χ2n) is 7.93. The maximum absolute atomic E-state index is 11.9. The molecule has 5 nitrogen and oxygen atoms in total. The molecule has 0 aliphatic rings. The van der Waals surface area contributed by atoms with Crippen LogP contribution in [-0.4, -0.2) is 35.4 Å². The predicted molar refractivity (Wildman–Crippen MR) is 134 cm³/mol. The summed E-state index contributed by atoms with van der Waals surface area (Å²) in [5, 5.41) is 23.6. The van der Waals surface area contributed by atoms with Gasteiger partial charge in [0.05, 0.1) is 12.7 Å². The summed E-state index contributed by atoms with van der Waals surface area (Å²) in [6.07, 6.45) is 0.727. The van der Waals surface area contributed by atoms with Crippen LogP contribution in [0.3, 0.4) is 0 Å². The number of aliphatic hydroxyl groups is 1. The third-order valence-corrected chi connectivity index (χ3v) is 5.38. The molecule has 0 spiro atoms. The van der Waals surface area contributed by atoms with E-state index >= 15 is 0 Å². The van der Waals surface area contributed by atoms with E-state index in [0.717, 1.165) is 28.7 Å². The number of aromatic carboxylic acids is 1. The Morgan fingerprint density at radius 1 is 1.00 bits per heavy atom. The molecule has 0 saturated carbocycles. The van der Waals surface area contributed by atoms with Crippen LogP contribution in [0.25, 0.3) is 11.1 Å². The van der Waals surface area contributed by atoms with Gasteiger partial charge in [-0.15, -0.1) is 12.4 Å². The van der Waals surface area contributed by atoms with Crippen molar-refractivity contribution in [2.24, 2.45) is 0 Å². The van der Waals surface area contributed by atoms with Crippen molar-refractivity contribution in [1.82, 2.24) is 5.32 Å². The highest BCUT2D eigenvalue weighted by molar-refractivity contribution is 5.93. The van der Waals surface area contributed by atoms with E-state index in [9.17, 15) is 15.0 Å². The zero-order valence-electron chi connectivity index (χ0n) is 19.0. The molecule has 0 amide bonds. The molecule has 0 aromatic heterocycles. The summed E-state index contributed by atoms with van der Waals surface area (Å²) in [4.78, 5) is 11.9. The van der Waals surface area contributed by atoms with Gasteiger partial charge in [0.25, 0.3) is 0 Å². The normalized spacial score (nSPS) is 12.5. The second-order valence-corrected chi connectivity index (χ2v) is 7.93. The van der Waals surface area contributed by atoms with Gasteiger partial charge in [0.15, 0.2) is 0 Å². The SMILES string of the molecule is CCCOc1c(C(=O)O)ccc(-c2ccccc2)c1C[C@@H](C)NC[C@H](O)c1ccccc1.Cl. The molecule has 6 heteroatoms. The molecule has 0 bridgehead atoms. The molecule has 0 fully saturated rings. The van der Waals surface area contributed by atoms with E-state index in [2.05, 4.69) is 5.32 Å². The number of ether oxygens (including phenoxy) is 1. The van der Waals surface area contributed by atoms with Gasteiger partial charge in [-0.1, -0.05) is 73.7 Å². The molecule has 0 aliphatic carbocycles. The van der Waals surface area contributed by atoms with Gasteiger partial charge in [0, 0.05) is 18.2 Å². The van der Waals surface area contributed by atoms with Crippen LogP contribution in [-0.2, 0) is 6.42 Å². The van der Waals surface area contributed by atoms with Crippen molar-refractivity contribution in [2.45, 2.75) is 38.8 Å². The Morgan fingerprint density at radius 2 is 1.64 bits per heavy atom. The number of aliphatic hydroxyl groups excluding tert-OH is 1. The largest absolute Gasteiger partial charge is 0.492 e. The Labute approximate surface area is 201 Å². The molecule has 0 heterocycles. The molecule has 0 saturated heterocycles. The van der Waals surface area contributed by atoms with Crippen LogP contribution < -0.4 is 10.1 Å². The quantitative estimate of drug-likeness (QED) is 0.345. The minimum absolute atomic E-state index is 0. The minimum atomic E-state index is -1.00. The van der Waals surface area contributed by atoms with Crippen LogP contribution in [0.5, 0.6) is 5.75 Å². The number of rotatable bonds is 11. The molecular formula is C27H32ClNO4. The van der Waals surface area contributed by atoms with Crippen molar-refractivity contribution < 1.29 is 19.7 Å². The Hall–Kier alpha value is -2.86. The van der Waals surface area contributed by atoms with Gasteiger partial charge in [-0.3, -0.25) is 0 Å². The Kier molecular flexibility index (Phi) is 10.4. The summed E-state index contributed by atoms with van der Waals surface area (Å²) in [6, 6.07) is 22.9. The molecule has 33 heavy (non-hydrogen) atoms. The van der Waals surface area contributed by atoms with E-state index in [-0.39, 0.29) is 24.0 Å². The first kappa shape index (κ1) is 26.4. The summed E-state index contributed by atoms with van der Waals surface area (Å²) in [7, 11) is 0. The second kappa shape index (κ2) is 13.0. The first-order valence-electron chi connectivity index (χ1n) is 11.0. The number of carboxylic acids is 1. The van der Waals surface area contributed by atoms with Crippen molar-refractivity contribution in [1.29, 1.82) is 0 Å². The Balaban J connectivity index is 0.00000385. The fourth-order valence-electron chi connectivity index (χ4n) is 3.74. The van der Waals surface area contributed by atoms with Crippen molar-refractivity contribution in [2.75, 3.05) is 13.2 Å². The van der Waals surface area contributed by atoms with Crippen molar-refractivity contribution >= 4 is 18.4 Å². The fourth-order valence-corrected chi connectivity index (χ4v) is 3.74. The average molecular weight is 470 g/mol. The maximum Gasteiger partial charge on any atom is 0.339 e. The van der Waals surface area contributed by atoms with E-state index in [1.807, 2.05) is 80.6 Å². The van der Waals surface area contributed by atoms with E-state index < -0.39 is 12.1 Å². The molecule has 0 aliphatic heterocycles. The van der Waals surface area contributed by atoms with Crippen LogP contribution in [0, 0.1) is 0 Å². The predicted octanol–water partition coefficient (Wildman–Crippen LogP) is 5.52. The van der Waals surface area contributed by atoms with Crippen LogP contribution in [0.1, 0.15) is 47.9 Å². The van der Waals surface area contributed by atoms with Gasteiger partial charge >= 0.3 is 5.97 Å². The van der Waals surface area contributed by atoms with Gasteiger partial charge in [0.2, 0.25) is 0 Å². The lowest BCUT2D eigenvalue weighted by atomic mass is 9.92. The highest BCUT2D eigenvalue weighted by Crippen LogP contribution is 2.35. The highest BCUT2D eigenvalue weighted by atomic mass is 35.5. The molecule has 2 atom stereocenters. The summed E-state index contributed by atoms with van der Waals surface area (Å²) in [5.41, 5.74) is 3.86. The molecule has 3 aromatic carbocycles. The zero-order valence-corrected chi connectivity index (χ0v) is 19.8. The minimum Gasteiger partial charge on any atom is -0.492 e. The van der Waals surface area contributed by atoms with Gasteiger partial charge in [-0.25, -0.2) is 4.79 Å². The number of nitrogens with one attached hydrogen (secondary N) is 1. The zero-order chi connectivity index (χ0) is 22.9. The van der Waals surface area contributed by atoms with Gasteiger partial charge in [-0.2, -0.15) is 0 Å². The lowest BCUT2D eigenvalue weighted by Gasteiger charge is -2.22. The number of carbonyl (C=O) groups is 1. The molecule has 176 valence electrons. The van der Waals surface area contributed by atoms with Crippen LogP contribution in [0.4, 0.5) is 0 Å². The topological polar surface area (TPSA) is 78.8 Å². The van der Waals surface area contributed by atoms with Crippen molar-refractivity contribution in [3.05, 3.63) is 89.5 Å². The van der Waals surface area contributed by atoms with E-state index in [1.165, 1.54) is 0 Å². The average Bonchev–Trinajstić information content (AvgIpc) is 2.82. The number of benzene rings is 3. The lowest BCUT2D eigenvalue weighted by molar-refractivity contribution is 0.0692. The Bertz CT molecular complexity index is 1010. The van der Waals surface area contributed by atoms with Crippen LogP contribution in [0.15, 0.2) is 72.8 Å². The van der Waals surface area contributed by atoms with Gasteiger partial charge in [0.1, 0.15) is 11.3 Å². The van der Waals surface area contributed by atoms with Crippen LogP contribution in [0.2, 0.25) is 0 Å². The molecule has 3 N–H and O–H groups in total. The van der Waals surface area contributed by atoms with E-state index in [4.69, 9.17) is 4.74 Å². The molecular weight excluding hydrogens is 438 g/mol. The van der Waals surface area contributed by atoms with Gasteiger partial charge in [-0.05, 0) is 42.5 Å². The van der Waals surface area contributed by atoms with Crippen molar-refractivity contribution in [3.8, 4) is 16.9 Å². The monoisotopic (exact) mass is 469 g/mol. The number of hydrogen-bond acceptors (Lipinski definition) is 4. The van der Waals surface area contributed by atoms with Crippen LogP contribution >= 0.6 is 12.4 Å². The summed E-state index contributed by atoms with van der Waals surface area (Å²) < 4.78 is 5.98. The van der Waals surface area contributed by atoms with E-state index in [1.54, 1.807) is 6.07 Å². The molecule has 3 rings (SSSR count). The number of hydrogen-bond donors (Lipinski definition) is 3. The summed E-state index contributed by atoms with van der Waals surface area (Å²) in [5.74, 6) is -0.574. The molecule has 0 unspecified atom stereocenters. The first-order chi connectivity index (χ1) is 15.5.